The van der Waals surface area contributed by atoms with Crippen molar-refractivity contribution in [2.45, 2.75) is 59.3 Å². The lowest BCUT2D eigenvalue weighted by atomic mass is 9.79. The number of halogens is 1. The molecule has 0 unspecified atom stereocenters. The average Bonchev–Trinajstić information content (AvgIpc) is 2.13. The third-order valence-electron chi connectivity index (χ3n) is 3.10. The van der Waals surface area contributed by atoms with Gasteiger partial charge in [0.2, 0.25) is 0 Å². The Balaban J connectivity index is 3.64. The molecule has 0 aromatic heterocycles. The summed E-state index contributed by atoms with van der Waals surface area (Å²) in [5, 5.41) is 0.792. The van der Waals surface area contributed by atoms with Crippen molar-refractivity contribution >= 4 is 17.4 Å². The van der Waals surface area contributed by atoms with E-state index in [1.807, 2.05) is 12.1 Å². The molecule has 0 amide bonds. The Morgan fingerprint density at radius 3 is 1.50 bits per heavy atom. The number of hydrogen-bond donors (Lipinski definition) is 0. The zero-order chi connectivity index (χ0) is 14.3. The Kier molecular flexibility index (Phi) is 3.97. The van der Waals surface area contributed by atoms with Gasteiger partial charge in [-0.15, -0.1) is 0 Å². The van der Waals surface area contributed by atoms with Crippen molar-refractivity contribution < 1.29 is 4.79 Å². The van der Waals surface area contributed by atoms with Gasteiger partial charge in [-0.2, -0.15) is 0 Å². The second-order valence-electron chi connectivity index (χ2n) is 6.94. The molecule has 0 aliphatic heterocycles. The lowest BCUT2D eigenvalue weighted by Crippen LogP contribution is -2.19. The second kappa shape index (κ2) is 4.70. The summed E-state index contributed by atoms with van der Waals surface area (Å²) in [5.41, 5.74) is 2.70. The van der Waals surface area contributed by atoms with Crippen LogP contribution in [-0.2, 0) is 10.8 Å². The molecule has 0 saturated carbocycles. The molecular formula is C16H23ClO. The summed E-state index contributed by atoms with van der Waals surface area (Å²) >= 11 is 6.54. The normalized spacial score (nSPS) is 12.7. The zero-order valence-corrected chi connectivity index (χ0v) is 13.2. The van der Waals surface area contributed by atoms with Crippen LogP contribution in [0.5, 0.6) is 0 Å². The summed E-state index contributed by atoms with van der Waals surface area (Å²) in [6, 6.07) is 3.86. The molecule has 18 heavy (non-hydrogen) atoms. The van der Waals surface area contributed by atoms with Gasteiger partial charge in [-0.05, 0) is 41.0 Å². The van der Waals surface area contributed by atoms with E-state index in [1.54, 1.807) is 6.92 Å². The highest BCUT2D eigenvalue weighted by atomic mass is 35.5. The van der Waals surface area contributed by atoms with Crippen molar-refractivity contribution in [3.05, 3.63) is 33.8 Å². The molecular weight excluding hydrogens is 244 g/mol. The van der Waals surface area contributed by atoms with Gasteiger partial charge >= 0.3 is 0 Å². The zero-order valence-electron chi connectivity index (χ0n) is 12.4. The quantitative estimate of drug-likeness (QED) is 0.644. The largest absolute Gasteiger partial charge is 0.295 e. The summed E-state index contributed by atoms with van der Waals surface area (Å²) in [6.45, 7) is 14.3. The molecule has 1 aromatic rings. The first-order valence-corrected chi connectivity index (χ1v) is 6.68. The molecule has 0 bridgehead atoms. The number of carbonyl (C=O) groups excluding carboxylic acids is 1. The van der Waals surface area contributed by atoms with Crippen molar-refractivity contribution in [1.29, 1.82) is 0 Å². The van der Waals surface area contributed by atoms with Gasteiger partial charge in [0.15, 0.2) is 5.78 Å². The third-order valence-corrected chi connectivity index (χ3v) is 3.50. The predicted molar refractivity (Wildman–Crippen MR) is 78.9 cm³/mol. The number of hydrogen-bond acceptors (Lipinski definition) is 1. The molecule has 0 fully saturated rings. The van der Waals surface area contributed by atoms with Crippen LogP contribution in [0, 0.1) is 0 Å². The molecule has 0 saturated heterocycles. The van der Waals surface area contributed by atoms with Crippen LogP contribution in [0.2, 0.25) is 5.02 Å². The molecule has 0 radical (unpaired) electrons. The Morgan fingerprint density at radius 1 is 0.944 bits per heavy atom. The van der Waals surface area contributed by atoms with Gasteiger partial charge in [0.25, 0.3) is 0 Å². The highest BCUT2D eigenvalue weighted by Gasteiger charge is 2.26. The monoisotopic (exact) mass is 266 g/mol. The smallest absolute Gasteiger partial charge is 0.159 e. The van der Waals surface area contributed by atoms with Crippen molar-refractivity contribution in [1.82, 2.24) is 0 Å². The van der Waals surface area contributed by atoms with E-state index in [0.29, 0.717) is 0 Å². The molecule has 1 aromatic carbocycles. The second-order valence-corrected chi connectivity index (χ2v) is 7.32. The van der Waals surface area contributed by atoms with Crippen molar-refractivity contribution in [2.75, 3.05) is 0 Å². The summed E-state index contributed by atoms with van der Waals surface area (Å²) in [5.74, 6) is 0.0858. The van der Waals surface area contributed by atoms with Crippen LogP contribution < -0.4 is 0 Å². The van der Waals surface area contributed by atoms with E-state index in [1.165, 1.54) is 0 Å². The predicted octanol–water partition coefficient (Wildman–Crippen LogP) is 5.14. The van der Waals surface area contributed by atoms with E-state index < -0.39 is 0 Å². The molecule has 100 valence electrons. The Labute approximate surface area is 116 Å². The minimum absolute atomic E-state index is 0.0669. The Hall–Kier alpha value is -0.820. The Morgan fingerprint density at radius 2 is 1.28 bits per heavy atom. The van der Waals surface area contributed by atoms with Crippen LogP contribution in [-0.4, -0.2) is 5.78 Å². The minimum atomic E-state index is -0.0669. The van der Waals surface area contributed by atoms with E-state index >= 15 is 0 Å². The standard InChI is InChI=1S/C16H23ClO/c1-10(18)11-8-12(15(2,3)4)14(17)13(9-11)16(5,6)7/h8-9H,1-7H3. The maximum Gasteiger partial charge on any atom is 0.159 e. The summed E-state index contributed by atoms with van der Waals surface area (Å²) < 4.78 is 0. The van der Waals surface area contributed by atoms with Gasteiger partial charge in [0, 0.05) is 10.6 Å². The number of carbonyl (C=O) groups is 1. The molecule has 0 aliphatic carbocycles. The lowest BCUT2D eigenvalue weighted by Gasteiger charge is -2.28. The first kappa shape index (κ1) is 15.2. The van der Waals surface area contributed by atoms with Crippen LogP contribution in [0.25, 0.3) is 0 Å². The fraction of sp³-hybridized carbons (Fsp3) is 0.562. The molecule has 2 heteroatoms. The van der Waals surface area contributed by atoms with Crippen molar-refractivity contribution in [2.24, 2.45) is 0 Å². The fourth-order valence-corrected chi connectivity index (χ4v) is 2.60. The Bertz CT molecular complexity index is 438. The number of rotatable bonds is 1. The highest BCUT2D eigenvalue weighted by molar-refractivity contribution is 6.32. The van der Waals surface area contributed by atoms with Gasteiger partial charge < -0.3 is 0 Å². The molecule has 0 heterocycles. The number of benzene rings is 1. The first-order chi connectivity index (χ1) is 7.94. The van der Waals surface area contributed by atoms with Crippen LogP contribution >= 0.6 is 11.6 Å². The number of Topliss-reactive ketones (excluding diaryl/α,β-unsaturated/α-hetero) is 1. The van der Waals surface area contributed by atoms with Crippen LogP contribution in [0.3, 0.4) is 0 Å². The lowest BCUT2D eigenvalue weighted by molar-refractivity contribution is 0.101. The molecule has 1 rings (SSSR count). The molecule has 0 aliphatic rings. The van der Waals surface area contributed by atoms with Gasteiger partial charge in [-0.1, -0.05) is 53.1 Å². The van der Waals surface area contributed by atoms with Crippen molar-refractivity contribution in [3.8, 4) is 0 Å². The maximum absolute atomic E-state index is 11.7. The summed E-state index contributed by atoms with van der Waals surface area (Å²) in [6.07, 6.45) is 0. The van der Waals surface area contributed by atoms with E-state index in [2.05, 4.69) is 41.5 Å². The average molecular weight is 267 g/mol. The fourth-order valence-electron chi connectivity index (χ4n) is 1.92. The van der Waals surface area contributed by atoms with Crippen molar-refractivity contribution in [3.63, 3.8) is 0 Å². The summed E-state index contributed by atoms with van der Waals surface area (Å²) in [4.78, 5) is 11.7. The van der Waals surface area contributed by atoms with Gasteiger partial charge in [0.05, 0.1) is 0 Å². The van der Waals surface area contributed by atoms with E-state index in [9.17, 15) is 4.79 Å². The molecule has 0 spiro atoms. The van der Waals surface area contributed by atoms with Crippen LogP contribution in [0.15, 0.2) is 12.1 Å². The summed E-state index contributed by atoms with van der Waals surface area (Å²) in [7, 11) is 0. The van der Waals surface area contributed by atoms with E-state index in [-0.39, 0.29) is 16.6 Å². The topological polar surface area (TPSA) is 17.1 Å². The van der Waals surface area contributed by atoms with Crippen LogP contribution in [0.4, 0.5) is 0 Å². The molecule has 0 N–H and O–H groups in total. The first-order valence-electron chi connectivity index (χ1n) is 6.30. The van der Waals surface area contributed by atoms with E-state index in [4.69, 9.17) is 11.6 Å². The molecule has 1 nitrogen and oxygen atoms in total. The molecule has 0 atom stereocenters. The minimum Gasteiger partial charge on any atom is -0.295 e. The third kappa shape index (κ3) is 3.14. The highest BCUT2D eigenvalue weighted by Crippen LogP contribution is 2.38. The van der Waals surface area contributed by atoms with Gasteiger partial charge in [-0.3, -0.25) is 4.79 Å². The van der Waals surface area contributed by atoms with Gasteiger partial charge in [0.1, 0.15) is 0 Å². The van der Waals surface area contributed by atoms with Crippen LogP contribution in [0.1, 0.15) is 70.0 Å². The SMILES string of the molecule is CC(=O)c1cc(C(C)(C)C)c(Cl)c(C(C)(C)C)c1. The van der Waals surface area contributed by atoms with Gasteiger partial charge in [-0.25, -0.2) is 0 Å². The van der Waals surface area contributed by atoms with E-state index in [0.717, 1.165) is 21.7 Å². The number of ketones is 1. The maximum atomic E-state index is 11.7.